The number of methoxy groups -OCH3 is 3. The van der Waals surface area contributed by atoms with E-state index in [2.05, 4.69) is 0 Å². The second-order valence-electron chi connectivity index (χ2n) is 8.09. The summed E-state index contributed by atoms with van der Waals surface area (Å²) < 4.78 is 16.1. The first-order valence-electron chi connectivity index (χ1n) is 10.5. The summed E-state index contributed by atoms with van der Waals surface area (Å²) in [5, 5.41) is 11.2. The zero-order chi connectivity index (χ0) is 24.3. The van der Waals surface area contributed by atoms with Gasteiger partial charge in [-0.3, -0.25) is 9.59 Å². The van der Waals surface area contributed by atoms with Crippen LogP contribution in [0.3, 0.4) is 0 Å². The van der Waals surface area contributed by atoms with E-state index < -0.39 is 17.7 Å². The monoisotopic (exact) mass is 454 g/mol. The van der Waals surface area contributed by atoms with Crippen molar-refractivity contribution in [3.05, 3.63) is 58.7 Å². The standard InChI is InChI=1S/C25H30N2O6/c1-15-13-17(8-9-18(15)31-4)23(28)21-22(16-7-10-19(32-5)20(14-16)33-6)27(12-11-26(2)3)25(30)24(21)29/h7-10,13-14,22,28H,11-12H2,1-6H3/t22-/m0/s1. The molecule has 1 saturated heterocycles. The van der Waals surface area contributed by atoms with E-state index in [9.17, 15) is 14.7 Å². The lowest BCUT2D eigenvalue weighted by Gasteiger charge is -2.27. The molecule has 2 aromatic carbocycles. The van der Waals surface area contributed by atoms with Crippen molar-refractivity contribution in [1.29, 1.82) is 0 Å². The van der Waals surface area contributed by atoms with Gasteiger partial charge in [-0.05, 0) is 62.5 Å². The highest BCUT2D eigenvalue weighted by Crippen LogP contribution is 2.42. The summed E-state index contributed by atoms with van der Waals surface area (Å²) >= 11 is 0. The summed E-state index contributed by atoms with van der Waals surface area (Å²) in [6, 6.07) is 9.56. The fraction of sp³-hybridized carbons (Fsp3) is 0.360. The number of ether oxygens (including phenoxy) is 3. The Morgan fingerprint density at radius 2 is 1.61 bits per heavy atom. The molecule has 176 valence electrons. The Labute approximate surface area is 194 Å². The molecule has 1 fully saturated rings. The van der Waals surface area contributed by atoms with Crippen LogP contribution in [0.25, 0.3) is 5.76 Å². The molecule has 1 amide bonds. The lowest BCUT2D eigenvalue weighted by molar-refractivity contribution is -0.140. The van der Waals surface area contributed by atoms with Gasteiger partial charge in [-0.15, -0.1) is 0 Å². The van der Waals surface area contributed by atoms with E-state index in [4.69, 9.17) is 14.2 Å². The number of likely N-dealkylation sites (tertiary alicyclic amines) is 1. The van der Waals surface area contributed by atoms with Gasteiger partial charge in [-0.2, -0.15) is 0 Å². The molecule has 1 N–H and O–H groups in total. The lowest BCUT2D eigenvalue weighted by Crippen LogP contribution is -2.35. The van der Waals surface area contributed by atoms with Gasteiger partial charge in [0.25, 0.3) is 11.7 Å². The summed E-state index contributed by atoms with van der Waals surface area (Å²) in [5.74, 6) is 0.0503. The Kier molecular flexibility index (Phi) is 7.28. The van der Waals surface area contributed by atoms with Gasteiger partial charge in [0.15, 0.2) is 11.5 Å². The van der Waals surface area contributed by atoms with Gasteiger partial charge in [0.1, 0.15) is 11.5 Å². The number of ketones is 1. The second kappa shape index (κ2) is 9.95. The van der Waals surface area contributed by atoms with E-state index >= 15 is 0 Å². The first kappa shape index (κ1) is 24.1. The maximum atomic E-state index is 13.1. The molecule has 1 aliphatic rings. The van der Waals surface area contributed by atoms with Gasteiger partial charge in [-0.25, -0.2) is 0 Å². The van der Waals surface area contributed by atoms with Crippen LogP contribution in [0.2, 0.25) is 0 Å². The average Bonchev–Trinajstić information content (AvgIpc) is 3.06. The number of Topliss-reactive ketones (excluding diaryl/α,β-unsaturated/α-hetero) is 1. The number of amides is 1. The smallest absolute Gasteiger partial charge is 0.295 e. The van der Waals surface area contributed by atoms with E-state index in [-0.39, 0.29) is 11.3 Å². The molecule has 8 nitrogen and oxygen atoms in total. The van der Waals surface area contributed by atoms with Gasteiger partial charge in [-0.1, -0.05) is 6.07 Å². The quantitative estimate of drug-likeness (QED) is 0.373. The van der Waals surface area contributed by atoms with Gasteiger partial charge < -0.3 is 29.1 Å². The van der Waals surface area contributed by atoms with Crippen LogP contribution in [0.15, 0.2) is 42.0 Å². The van der Waals surface area contributed by atoms with Crippen molar-refractivity contribution in [2.24, 2.45) is 0 Å². The van der Waals surface area contributed by atoms with Crippen LogP contribution in [0.1, 0.15) is 22.7 Å². The maximum absolute atomic E-state index is 13.1. The molecule has 33 heavy (non-hydrogen) atoms. The average molecular weight is 455 g/mol. The van der Waals surface area contributed by atoms with Crippen LogP contribution >= 0.6 is 0 Å². The Bertz CT molecular complexity index is 1090. The SMILES string of the molecule is COc1ccc(C(O)=C2C(=O)C(=O)N(CCN(C)C)[C@H]2c2ccc(OC)c(OC)c2)cc1C. The van der Waals surface area contributed by atoms with Crippen molar-refractivity contribution in [2.75, 3.05) is 48.5 Å². The minimum absolute atomic E-state index is 0.0375. The van der Waals surface area contributed by atoms with Crippen molar-refractivity contribution in [2.45, 2.75) is 13.0 Å². The summed E-state index contributed by atoms with van der Waals surface area (Å²) in [4.78, 5) is 29.6. The zero-order valence-electron chi connectivity index (χ0n) is 19.8. The molecule has 1 aliphatic heterocycles. The zero-order valence-corrected chi connectivity index (χ0v) is 19.8. The normalized spacial score (nSPS) is 17.5. The summed E-state index contributed by atoms with van der Waals surface area (Å²) in [5.41, 5.74) is 1.91. The molecule has 0 aliphatic carbocycles. The highest BCUT2D eigenvalue weighted by Gasteiger charge is 2.46. The maximum Gasteiger partial charge on any atom is 0.295 e. The Balaban J connectivity index is 2.19. The fourth-order valence-corrected chi connectivity index (χ4v) is 3.97. The number of likely N-dealkylation sites (N-methyl/N-ethyl adjacent to an activating group) is 1. The third-order valence-corrected chi connectivity index (χ3v) is 5.72. The molecule has 0 saturated carbocycles. The van der Waals surface area contributed by atoms with E-state index in [0.29, 0.717) is 41.5 Å². The highest BCUT2D eigenvalue weighted by atomic mass is 16.5. The van der Waals surface area contributed by atoms with Crippen LogP contribution in [0, 0.1) is 6.92 Å². The number of nitrogens with zero attached hydrogens (tertiary/aromatic N) is 2. The second-order valence-corrected chi connectivity index (χ2v) is 8.09. The molecule has 1 atom stereocenters. The van der Waals surface area contributed by atoms with Crippen molar-refractivity contribution in [3.8, 4) is 17.2 Å². The number of hydrogen-bond acceptors (Lipinski definition) is 7. The minimum Gasteiger partial charge on any atom is -0.507 e. The van der Waals surface area contributed by atoms with Crippen molar-refractivity contribution in [3.63, 3.8) is 0 Å². The molecule has 0 aromatic heterocycles. The first-order chi connectivity index (χ1) is 15.7. The molecule has 0 radical (unpaired) electrons. The first-order valence-corrected chi connectivity index (χ1v) is 10.5. The predicted octanol–water partition coefficient (Wildman–Crippen LogP) is 3.00. The van der Waals surface area contributed by atoms with E-state index in [1.54, 1.807) is 43.5 Å². The number of aryl methyl sites for hydroxylation is 1. The molecule has 8 heteroatoms. The summed E-state index contributed by atoms with van der Waals surface area (Å²) in [7, 11) is 8.40. The van der Waals surface area contributed by atoms with E-state index in [1.165, 1.54) is 19.1 Å². The molecular formula is C25H30N2O6. The molecule has 0 spiro atoms. The van der Waals surface area contributed by atoms with E-state index in [1.807, 2.05) is 25.9 Å². The largest absolute Gasteiger partial charge is 0.507 e. The number of aliphatic hydroxyl groups excluding tert-OH is 1. The summed E-state index contributed by atoms with van der Waals surface area (Å²) in [6.45, 7) is 2.71. The molecule has 0 unspecified atom stereocenters. The minimum atomic E-state index is -0.771. The third kappa shape index (κ3) is 4.66. The van der Waals surface area contributed by atoms with Crippen LogP contribution in [-0.4, -0.2) is 75.1 Å². The predicted molar refractivity (Wildman–Crippen MR) is 125 cm³/mol. The number of aliphatic hydroxyl groups is 1. The highest BCUT2D eigenvalue weighted by molar-refractivity contribution is 6.46. The van der Waals surface area contributed by atoms with Crippen molar-refractivity contribution in [1.82, 2.24) is 9.80 Å². The summed E-state index contributed by atoms with van der Waals surface area (Å²) in [6.07, 6.45) is 0. The number of carbonyl (C=O) groups excluding carboxylic acids is 2. The lowest BCUT2D eigenvalue weighted by atomic mass is 9.94. The number of carbonyl (C=O) groups is 2. The Morgan fingerprint density at radius 3 is 2.18 bits per heavy atom. The number of hydrogen-bond donors (Lipinski definition) is 1. The third-order valence-electron chi connectivity index (χ3n) is 5.72. The van der Waals surface area contributed by atoms with Crippen LogP contribution in [-0.2, 0) is 9.59 Å². The Hall–Kier alpha value is -3.52. The van der Waals surface area contributed by atoms with Crippen LogP contribution in [0.5, 0.6) is 17.2 Å². The van der Waals surface area contributed by atoms with Gasteiger partial charge >= 0.3 is 0 Å². The van der Waals surface area contributed by atoms with Crippen LogP contribution in [0.4, 0.5) is 0 Å². The number of rotatable bonds is 8. The molecule has 2 aromatic rings. The Morgan fingerprint density at radius 1 is 0.970 bits per heavy atom. The molecular weight excluding hydrogens is 424 g/mol. The van der Waals surface area contributed by atoms with Gasteiger partial charge in [0.2, 0.25) is 0 Å². The van der Waals surface area contributed by atoms with E-state index in [0.717, 1.165) is 5.56 Å². The van der Waals surface area contributed by atoms with Crippen LogP contribution < -0.4 is 14.2 Å². The van der Waals surface area contributed by atoms with Crippen molar-refractivity contribution < 1.29 is 28.9 Å². The number of benzene rings is 2. The fourth-order valence-electron chi connectivity index (χ4n) is 3.97. The van der Waals surface area contributed by atoms with Gasteiger partial charge in [0.05, 0.1) is 32.9 Å². The van der Waals surface area contributed by atoms with Gasteiger partial charge in [0, 0.05) is 18.7 Å². The topological polar surface area (TPSA) is 88.5 Å². The molecule has 0 bridgehead atoms. The molecule has 1 heterocycles. The van der Waals surface area contributed by atoms with Crippen molar-refractivity contribution >= 4 is 17.4 Å². The molecule has 3 rings (SSSR count).